The molecular weight excluding hydrogens is 672 g/mol. The zero-order chi connectivity index (χ0) is 28.6. The van der Waals surface area contributed by atoms with Gasteiger partial charge in [-0.2, -0.15) is 13.2 Å². The van der Waals surface area contributed by atoms with E-state index in [2.05, 4.69) is 47.0 Å². The van der Waals surface area contributed by atoms with E-state index in [4.69, 9.17) is 9.26 Å². The van der Waals surface area contributed by atoms with Crippen molar-refractivity contribution in [2.75, 3.05) is 23.7 Å². The van der Waals surface area contributed by atoms with E-state index in [9.17, 15) is 27.9 Å². The first-order valence-electron chi connectivity index (χ1n) is 11.4. The van der Waals surface area contributed by atoms with Crippen molar-refractivity contribution in [1.29, 1.82) is 0 Å². The number of rotatable bonds is 13. The Labute approximate surface area is 239 Å². The fraction of sp³-hybridized carbons (Fsp3) is 0.292. The molecule has 15 heteroatoms. The normalized spacial score (nSPS) is 12.8. The van der Waals surface area contributed by atoms with Gasteiger partial charge in [0, 0.05) is 35.4 Å². The van der Waals surface area contributed by atoms with E-state index in [-0.39, 0.29) is 18.8 Å². The van der Waals surface area contributed by atoms with E-state index in [0.29, 0.717) is 16.4 Å². The molecule has 3 rings (SSSR count). The van der Waals surface area contributed by atoms with Gasteiger partial charge in [-0.1, -0.05) is 61.7 Å². The number of hydrogen-bond donors (Lipinski definition) is 2. The quantitative estimate of drug-likeness (QED) is 0.0820. The molecule has 0 amide bonds. The number of pyridine rings is 1. The second-order valence-electron chi connectivity index (χ2n) is 8.10. The highest BCUT2D eigenvalue weighted by atomic mass is 79.9. The standard InChI is InChI=1S/C24H24Br2F3N4O5P/c1-16-2-4-17(5-3-16)20-8-7-19(15-30-20)37-22-14-18(6-9-21(22)33(34)35)23(24(27,28)29)38-39(36,31-12-10-25)32-13-11-26/h2-9,14-15,23H,10-13H2,1H3,(H2,31,32,36). The average Bonchev–Trinajstić information content (AvgIpc) is 2.90. The molecule has 0 bridgehead atoms. The zero-order valence-corrected chi connectivity index (χ0v) is 24.5. The van der Waals surface area contributed by atoms with Crippen molar-refractivity contribution < 1.29 is 31.9 Å². The number of aryl methyl sites for hydroxylation is 1. The number of ether oxygens (including phenoxy) is 1. The molecule has 2 N–H and O–H groups in total. The minimum atomic E-state index is -5.01. The second-order valence-corrected chi connectivity index (χ2v) is 11.6. The van der Waals surface area contributed by atoms with Crippen molar-refractivity contribution >= 4 is 45.2 Å². The topological polar surface area (TPSA) is 116 Å². The van der Waals surface area contributed by atoms with Crippen LogP contribution in [0.25, 0.3) is 11.3 Å². The molecule has 0 aliphatic heterocycles. The molecule has 2 aromatic carbocycles. The Morgan fingerprint density at radius 3 is 2.21 bits per heavy atom. The summed E-state index contributed by atoms with van der Waals surface area (Å²) in [6.07, 6.45) is -6.38. The lowest BCUT2D eigenvalue weighted by atomic mass is 10.1. The number of halogens is 5. The van der Waals surface area contributed by atoms with Crippen LogP contribution in [0.5, 0.6) is 11.5 Å². The second kappa shape index (κ2) is 13.8. The van der Waals surface area contributed by atoms with E-state index in [1.807, 2.05) is 31.2 Å². The third-order valence-corrected chi connectivity index (χ3v) is 7.76. The number of benzene rings is 2. The number of nitrogens with one attached hydrogen (secondary N) is 2. The maximum absolute atomic E-state index is 14.1. The molecule has 0 fully saturated rings. The van der Waals surface area contributed by atoms with Crippen LogP contribution in [0, 0.1) is 17.0 Å². The average molecular weight is 696 g/mol. The van der Waals surface area contributed by atoms with Crippen LogP contribution in [0.3, 0.4) is 0 Å². The molecule has 1 atom stereocenters. The molecule has 39 heavy (non-hydrogen) atoms. The molecule has 9 nitrogen and oxygen atoms in total. The summed E-state index contributed by atoms with van der Waals surface area (Å²) in [5.41, 5.74) is 1.41. The minimum Gasteiger partial charge on any atom is -0.448 e. The van der Waals surface area contributed by atoms with Crippen molar-refractivity contribution in [3.8, 4) is 22.8 Å². The van der Waals surface area contributed by atoms with E-state index in [1.54, 1.807) is 6.07 Å². The highest BCUT2D eigenvalue weighted by Crippen LogP contribution is 2.50. The summed E-state index contributed by atoms with van der Waals surface area (Å²) < 4.78 is 66.2. The minimum absolute atomic E-state index is 0.0529. The van der Waals surface area contributed by atoms with Gasteiger partial charge in [0.15, 0.2) is 6.10 Å². The summed E-state index contributed by atoms with van der Waals surface area (Å²) in [4.78, 5) is 15.1. The number of nitrogens with zero attached hydrogens (tertiary/aromatic N) is 2. The van der Waals surface area contributed by atoms with E-state index >= 15 is 0 Å². The van der Waals surface area contributed by atoms with Crippen molar-refractivity contribution in [3.05, 3.63) is 82.0 Å². The molecular formula is C24H24Br2F3N4O5P. The monoisotopic (exact) mass is 694 g/mol. The predicted molar refractivity (Wildman–Crippen MR) is 149 cm³/mol. The Morgan fingerprint density at radius 2 is 1.69 bits per heavy atom. The SMILES string of the molecule is Cc1ccc(-c2ccc(Oc3cc(C(OP(=O)(NCCBr)NCCBr)C(F)(F)F)ccc3[N+](=O)[O-])cn2)cc1. The van der Waals surface area contributed by atoms with Gasteiger partial charge >= 0.3 is 19.5 Å². The van der Waals surface area contributed by atoms with E-state index in [0.717, 1.165) is 29.3 Å². The van der Waals surface area contributed by atoms with Crippen LogP contribution in [0.4, 0.5) is 18.9 Å². The maximum atomic E-state index is 14.1. The molecule has 0 aliphatic rings. The van der Waals surface area contributed by atoms with Gasteiger partial charge in [0.05, 0.1) is 16.8 Å². The lowest BCUT2D eigenvalue weighted by Crippen LogP contribution is -2.32. The summed E-state index contributed by atoms with van der Waals surface area (Å²) in [5.74, 6) is -0.392. The fourth-order valence-electron chi connectivity index (χ4n) is 3.36. The number of hydrogen-bond acceptors (Lipinski definition) is 6. The van der Waals surface area contributed by atoms with Crippen LogP contribution >= 0.6 is 39.5 Å². The Kier molecular flexibility index (Phi) is 11.1. The third kappa shape index (κ3) is 8.82. The highest BCUT2D eigenvalue weighted by Gasteiger charge is 2.46. The number of nitro benzene ring substituents is 1. The molecule has 1 aromatic heterocycles. The zero-order valence-electron chi connectivity index (χ0n) is 20.5. The molecule has 0 saturated heterocycles. The number of alkyl halides is 5. The van der Waals surface area contributed by atoms with E-state index < -0.39 is 41.9 Å². The summed E-state index contributed by atoms with van der Waals surface area (Å²) in [6.45, 7) is 2.05. The molecule has 1 unspecified atom stereocenters. The molecule has 0 aliphatic carbocycles. The first-order valence-corrected chi connectivity index (χ1v) is 15.3. The van der Waals surface area contributed by atoms with Gasteiger partial charge in [0.25, 0.3) is 0 Å². The smallest absolute Gasteiger partial charge is 0.419 e. The molecule has 0 spiro atoms. The Morgan fingerprint density at radius 1 is 1.05 bits per heavy atom. The summed E-state index contributed by atoms with van der Waals surface area (Å²) in [6, 6.07) is 13.3. The van der Waals surface area contributed by atoms with Crippen LogP contribution in [0.15, 0.2) is 60.8 Å². The van der Waals surface area contributed by atoms with Crippen LogP contribution in [0.2, 0.25) is 0 Å². The Hall–Kier alpha value is -2.35. The lowest BCUT2D eigenvalue weighted by molar-refractivity contribution is -0.385. The first kappa shape index (κ1) is 31.2. The molecule has 210 valence electrons. The van der Waals surface area contributed by atoms with Gasteiger partial charge in [-0.3, -0.25) is 24.2 Å². The van der Waals surface area contributed by atoms with Crippen molar-refractivity contribution in [2.24, 2.45) is 0 Å². The first-order chi connectivity index (χ1) is 18.5. The Balaban J connectivity index is 1.95. The highest BCUT2D eigenvalue weighted by molar-refractivity contribution is 9.09. The van der Waals surface area contributed by atoms with Crippen LogP contribution in [-0.4, -0.2) is 39.8 Å². The molecule has 3 aromatic rings. The van der Waals surface area contributed by atoms with E-state index in [1.165, 1.54) is 12.3 Å². The summed E-state index contributed by atoms with van der Waals surface area (Å²) >= 11 is 6.24. The molecule has 0 saturated carbocycles. The van der Waals surface area contributed by atoms with Gasteiger partial charge < -0.3 is 4.74 Å². The van der Waals surface area contributed by atoms with Crippen molar-refractivity contribution in [2.45, 2.75) is 19.2 Å². The third-order valence-electron chi connectivity index (χ3n) is 5.17. The van der Waals surface area contributed by atoms with Crippen LogP contribution in [-0.2, 0) is 9.09 Å². The lowest BCUT2D eigenvalue weighted by Gasteiger charge is -2.27. The predicted octanol–water partition coefficient (Wildman–Crippen LogP) is 7.45. The maximum Gasteiger partial charge on any atom is 0.419 e. The fourth-order valence-corrected chi connectivity index (χ4v) is 5.98. The van der Waals surface area contributed by atoms with Crippen LogP contribution in [0.1, 0.15) is 17.2 Å². The molecule has 0 radical (unpaired) electrons. The Bertz CT molecular complexity index is 1300. The van der Waals surface area contributed by atoms with Crippen LogP contribution < -0.4 is 14.9 Å². The summed E-state index contributed by atoms with van der Waals surface area (Å²) in [7, 11) is -4.19. The van der Waals surface area contributed by atoms with Gasteiger partial charge in [0.2, 0.25) is 5.75 Å². The largest absolute Gasteiger partial charge is 0.448 e. The van der Waals surface area contributed by atoms with Gasteiger partial charge in [-0.15, -0.1) is 0 Å². The van der Waals surface area contributed by atoms with Crippen molar-refractivity contribution in [3.63, 3.8) is 0 Å². The van der Waals surface area contributed by atoms with Gasteiger partial charge in [-0.25, -0.2) is 10.2 Å². The number of nitro groups is 1. The number of aromatic nitrogens is 1. The van der Waals surface area contributed by atoms with Gasteiger partial charge in [0.1, 0.15) is 5.75 Å². The summed E-state index contributed by atoms with van der Waals surface area (Å²) in [5, 5.41) is 17.1. The molecule has 1 heterocycles. The van der Waals surface area contributed by atoms with Crippen molar-refractivity contribution in [1.82, 2.24) is 15.2 Å². The van der Waals surface area contributed by atoms with Gasteiger partial charge in [-0.05, 0) is 36.8 Å².